The first-order valence-corrected chi connectivity index (χ1v) is 5.80. The van der Waals surface area contributed by atoms with E-state index in [9.17, 15) is 14.0 Å². The molecular weight excluding hydrogens is 263 g/mol. The Hall–Kier alpha value is -2.69. The number of ether oxygens (including phenoxy) is 1. The van der Waals surface area contributed by atoms with Crippen molar-refractivity contribution in [2.24, 2.45) is 0 Å². The summed E-state index contributed by atoms with van der Waals surface area (Å²) in [6.07, 6.45) is 0.703. The number of hydrogen-bond acceptors (Lipinski definition) is 3. The van der Waals surface area contributed by atoms with E-state index in [4.69, 9.17) is 9.84 Å². The van der Waals surface area contributed by atoms with Crippen LogP contribution in [0.15, 0.2) is 42.5 Å². The minimum Gasteiger partial charge on any atom is -0.489 e. The van der Waals surface area contributed by atoms with Crippen LogP contribution in [0.4, 0.5) is 4.39 Å². The predicted molar refractivity (Wildman–Crippen MR) is 69.5 cm³/mol. The van der Waals surface area contributed by atoms with Crippen LogP contribution in [-0.2, 0) is 6.61 Å². The number of aldehydes is 1. The smallest absolute Gasteiger partial charge is 0.338 e. The Morgan fingerprint density at radius 1 is 1.25 bits per heavy atom. The molecule has 0 spiro atoms. The van der Waals surface area contributed by atoms with Gasteiger partial charge in [0.25, 0.3) is 0 Å². The summed E-state index contributed by atoms with van der Waals surface area (Å²) in [6.45, 7) is 0.0825. The fourth-order valence-electron chi connectivity index (χ4n) is 1.67. The lowest BCUT2D eigenvalue weighted by Gasteiger charge is -2.07. The first kappa shape index (κ1) is 13.7. The molecule has 0 heterocycles. The second-order valence-electron chi connectivity index (χ2n) is 4.10. The molecule has 0 atom stereocenters. The van der Waals surface area contributed by atoms with Gasteiger partial charge in [-0.25, -0.2) is 9.18 Å². The number of halogens is 1. The molecule has 0 saturated heterocycles. The molecule has 0 aliphatic heterocycles. The second-order valence-corrected chi connectivity index (χ2v) is 4.10. The average molecular weight is 274 g/mol. The Bertz CT molecular complexity index is 652. The number of carbonyl (C=O) groups excluding carboxylic acids is 1. The predicted octanol–water partition coefficient (Wildman–Crippen LogP) is 2.92. The lowest BCUT2D eigenvalue weighted by molar-refractivity contribution is 0.0691. The fraction of sp³-hybridized carbons (Fsp3) is 0.0667. The van der Waals surface area contributed by atoms with Crippen LogP contribution in [0.2, 0.25) is 0 Å². The standard InChI is InChI=1S/C15H11FO4/c16-14-7-11(4-5-13(14)15(18)19)9-20-12-3-1-2-10(6-12)8-17/h1-8H,9H2,(H,18,19). The lowest BCUT2D eigenvalue weighted by atomic mass is 10.1. The zero-order valence-corrected chi connectivity index (χ0v) is 10.4. The molecule has 0 amide bonds. The maximum atomic E-state index is 13.5. The number of carboxylic acid groups (broad SMARTS) is 1. The summed E-state index contributed by atoms with van der Waals surface area (Å²) in [5.74, 6) is -1.63. The molecule has 0 radical (unpaired) electrons. The molecule has 20 heavy (non-hydrogen) atoms. The van der Waals surface area contributed by atoms with Crippen molar-refractivity contribution < 1.29 is 23.8 Å². The highest BCUT2D eigenvalue weighted by molar-refractivity contribution is 5.87. The summed E-state index contributed by atoms with van der Waals surface area (Å²) in [7, 11) is 0. The van der Waals surface area contributed by atoms with Crippen molar-refractivity contribution in [2.75, 3.05) is 0 Å². The van der Waals surface area contributed by atoms with Gasteiger partial charge in [0.15, 0.2) is 0 Å². The topological polar surface area (TPSA) is 63.6 Å². The Balaban J connectivity index is 2.09. The Morgan fingerprint density at radius 3 is 2.70 bits per heavy atom. The van der Waals surface area contributed by atoms with Crippen molar-refractivity contribution in [2.45, 2.75) is 6.61 Å². The summed E-state index contributed by atoms with van der Waals surface area (Å²) >= 11 is 0. The van der Waals surface area contributed by atoms with Gasteiger partial charge in [-0.05, 0) is 29.8 Å². The van der Waals surface area contributed by atoms with Crippen LogP contribution in [0, 0.1) is 5.82 Å². The normalized spacial score (nSPS) is 10.1. The van der Waals surface area contributed by atoms with E-state index in [0.29, 0.717) is 23.2 Å². The molecule has 0 unspecified atom stereocenters. The van der Waals surface area contributed by atoms with Crippen LogP contribution >= 0.6 is 0 Å². The molecule has 0 fully saturated rings. The van der Waals surface area contributed by atoms with Crippen molar-refractivity contribution >= 4 is 12.3 Å². The molecule has 102 valence electrons. The van der Waals surface area contributed by atoms with Crippen LogP contribution in [0.3, 0.4) is 0 Å². The number of rotatable bonds is 5. The zero-order valence-electron chi connectivity index (χ0n) is 10.4. The third-order valence-corrected chi connectivity index (χ3v) is 2.66. The van der Waals surface area contributed by atoms with Gasteiger partial charge in [-0.1, -0.05) is 18.2 Å². The molecule has 4 nitrogen and oxygen atoms in total. The number of aromatic carboxylic acids is 1. The van der Waals surface area contributed by atoms with Gasteiger partial charge in [-0.2, -0.15) is 0 Å². The average Bonchev–Trinajstić information content (AvgIpc) is 2.45. The van der Waals surface area contributed by atoms with Crippen molar-refractivity contribution in [1.29, 1.82) is 0 Å². The largest absolute Gasteiger partial charge is 0.489 e. The molecule has 1 N–H and O–H groups in total. The first-order valence-electron chi connectivity index (χ1n) is 5.80. The first-order chi connectivity index (χ1) is 9.60. The van der Waals surface area contributed by atoms with Gasteiger partial charge in [-0.15, -0.1) is 0 Å². The molecule has 0 saturated carbocycles. The number of carbonyl (C=O) groups is 2. The Labute approximate surface area is 114 Å². The quantitative estimate of drug-likeness (QED) is 0.851. The van der Waals surface area contributed by atoms with Gasteiger partial charge >= 0.3 is 5.97 Å². The van der Waals surface area contributed by atoms with Crippen LogP contribution in [0.25, 0.3) is 0 Å². The van der Waals surface area contributed by atoms with E-state index >= 15 is 0 Å². The highest BCUT2D eigenvalue weighted by Crippen LogP contribution is 2.16. The summed E-state index contributed by atoms with van der Waals surface area (Å²) in [4.78, 5) is 21.3. The minimum absolute atomic E-state index is 0.0825. The van der Waals surface area contributed by atoms with Gasteiger partial charge in [0, 0.05) is 5.56 Å². The van der Waals surface area contributed by atoms with Crippen molar-refractivity contribution in [3.05, 3.63) is 65.0 Å². The van der Waals surface area contributed by atoms with E-state index in [1.807, 2.05) is 0 Å². The third kappa shape index (κ3) is 3.20. The van der Waals surface area contributed by atoms with Crippen LogP contribution < -0.4 is 4.74 Å². The second kappa shape index (κ2) is 5.97. The maximum Gasteiger partial charge on any atom is 0.338 e. The van der Waals surface area contributed by atoms with E-state index in [1.54, 1.807) is 24.3 Å². The summed E-state index contributed by atoms with van der Waals surface area (Å²) < 4.78 is 18.9. The fourth-order valence-corrected chi connectivity index (χ4v) is 1.67. The van der Waals surface area contributed by atoms with E-state index < -0.39 is 11.8 Å². The van der Waals surface area contributed by atoms with Gasteiger partial charge in [-0.3, -0.25) is 4.79 Å². The third-order valence-electron chi connectivity index (χ3n) is 2.66. The number of benzene rings is 2. The van der Waals surface area contributed by atoms with Gasteiger partial charge in [0.05, 0.1) is 5.56 Å². The molecule has 2 aromatic carbocycles. The number of carboxylic acids is 1. The SMILES string of the molecule is O=Cc1cccc(OCc2ccc(C(=O)O)c(F)c2)c1. The summed E-state index contributed by atoms with van der Waals surface area (Å²) in [5.41, 5.74) is 0.607. The molecule has 0 aliphatic rings. The molecule has 0 aromatic heterocycles. The van der Waals surface area contributed by atoms with Crippen LogP contribution in [-0.4, -0.2) is 17.4 Å². The Kier molecular flexibility index (Phi) is 4.10. The van der Waals surface area contributed by atoms with Crippen molar-refractivity contribution in [1.82, 2.24) is 0 Å². The van der Waals surface area contributed by atoms with Gasteiger partial charge in [0.2, 0.25) is 0 Å². The van der Waals surface area contributed by atoms with Crippen molar-refractivity contribution in [3.8, 4) is 5.75 Å². The van der Waals surface area contributed by atoms with Gasteiger partial charge < -0.3 is 9.84 Å². The van der Waals surface area contributed by atoms with E-state index in [1.165, 1.54) is 12.1 Å². The summed E-state index contributed by atoms with van der Waals surface area (Å²) in [5, 5.41) is 8.72. The van der Waals surface area contributed by atoms with Crippen molar-refractivity contribution in [3.63, 3.8) is 0 Å². The van der Waals surface area contributed by atoms with Crippen LogP contribution in [0.5, 0.6) is 5.75 Å². The van der Waals surface area contributed by atoms with E-state index in [0.717, 1.165) is 6.07 Å². The molecule has 0 aliphatic carbocycles. The molecule has 2 rings (SSSR count). The molecule has 2 aromatic rings. The summed E-state index contributed by atoms with van der Waals surface area (Å²) in [6, 6.07) is 10.3. The highest BCUT2D eigenvalue weighted by atomic mass is 19.1. The zero-order chi connectivity index (χ0) is 14.5. The Morgan fingerprint density at radius 2 is 2.05 bits per heavy atom. The maximum absolute atomic E-state index is 13.5. The molecule has 0 bridgehead atoms. The van der Waals surface area contributed by atoms with Gasteiger partial charge in [0.1, 0.15) is 24.5 Å². The molecule has 5 heteroatoms. The molecular formula is C15H11FO4. The highest BCUT2D eigenvalue weighted by Gasteiger charge is 2.10. The number of hydrogen-bond donors (Lipinski definition) is 1. The lowest BCUT2D eigenvalue weighted by Crippen LogP contribution is -2.03. The van der Waals surface area contributed by atoms with E-state index in [-0.39, 0.29) is 12.2 Å². The van der Waals surface area contributed by atoms with E-state index in [2.05, 4.69) is 0 Å². The monoisotopic (exact) mass is 274 g/mol. The minimum atomic E-state index is -1.31. The van der Waals surface area contributed by atoms with Crippen LogP contribution in [0.1, 0.15) is 26.3 Å².